The van der Waals surface area contributed by atoms with Crippen LogP contribution < -0.4 is 9.80 Å². The predicted molar refractivity (Wildman–Crippen MR) is 342 cm³/mol. The second-order valence-electron chi connectivity index (χ2n) is 20.4. The van der Waals surface area contributed by atoms with Gasteiger partial charge in [0.15, 0.2) is 0 Å². The van der Waals surface area contributed by atoms with Gasteiger partial charge in [0.05, 0.1) is 22.4 Å². The third kappa shape index (κ3) is 7.46. The first kappa shape index (κ1) is 45.4. The molecule has 0 bridgehead atoms. The minimum atomic E-state index is 1.08. The van der Waals surface area contributed by atoms with Crippen LogP contribution in [0.1, 0.15) is 0 Å². The zero-order valence-electron chi connectivity index (χ0n) is 42.8. The molecule has 3 aromatic heterocycles. The summed E-state index contributed by atoms with van der Waals surface area (Å²) in [6, 6.07) is 105. The number of benzene rings is 13. The Bertz CT molecular complexity index is 4960. The predicted octanol–water partition coefficient (Wildman–Crippen LogP) is 22.1. The van der Waals surface area contributed by atoms with Gasteiger partial charge in [0.2, 0.25) is 0 Å². The Morgan fingerprint density at radius 3 is 1.28 bits per heavy atom. The third-order valence-electron chi connectivity index (χ3n) is 15.9. The third-order valence-corrected chi connectivity index (χ3v) is 18.2. The van der Waals surface area contributed by atoms with E-state index in [4.69, 9.17) is 0 Å². The van der Waals surface area contributed by atoms with Crippen molar-refractivity contribution in [2.24, 2.45) is 0 Å². The monoisotopic (exact) mass is 1040 g/mol. The Hall–Kier alpha value is -9.78. The van der Waals surface area contributed by atoms with E-state index in [1.54, 1.807) is 0 Å². The van der Waals surface area contributed by atoms with E-state index in [-0.39, 0.29) is 0 Å². The molecule has 0 spiro atoms. The highest BCUT2D eigenvalue weighted by atomic mass is 32.1. The Labute approximate surface area is 465 Å². The van der Waals surface area contributed by atoms with Gasteiger partial charge in [-0.2, -0.15) is 0 Å². The first-order valence-electron chi connectivity index (χ1n) is 26.9. The lowest BCUT2D eigenvalue weighted by Gasteiger charge is -2.33. The van der Waals surface area contributed by atoms with Gasteiger partial charge in [-0.25, -0.2) is 0 Å². The maximum Gasteiger partial charge on any atom is 0.0619 e. The summed E-state index contributed by atoms with van der Waals surface area (Å²) in [5.74, 6) is 0. The molecule has 0 saturated heterocycles. The fraction of sp³-hybridized carbons (Fsp3) is 0. The first-order valence-corrected chi connectivity index (χ1v) is 28.5. The number of anilines is 6. The van der Waals surface area contributed by atoms with Gasteiger partial charge in [0, 0.05) is 101 Å². The lowest BCUT2D eigenvalue weighted by molar-refractivity contribution is 1.19. The second kappa shape index (κ2) is 18.5. The van der Waals surface area contributed by atoms with Gasteiger partial charge in [-0.1, -0.05) is 182 Å². The van der Waals surface area contributed by atoms with Gasteiger partial charge in [0.1, 0.15) is 0 Å². The van der Waals surface area contributed by atoms with E-state index in [0.29, 0.717) is 0 Å². The molecule has 0 amide bonds. The van der Waals surface area contributed by atoms with Gasteiger partial charge in [-0.05, 0) is 125 Å². The Balaban J connectivity index is 0.853. The van der Waals surface area contributed by atoms with Crippen molar-refractivity contribution in [3.05, 3.63) is 285 Å². The molecule has 0 atom stereocenters. The Morgan fingerprint density at radius 2 is 0.633 bits per heavy atom. The van der Waals surface area contributed by atoms with Crippen LogP contribution in [0.25, 0.3) is 112 Å². The minimum Gasteiger partial charge on any atom is -0.309 e. The van der Waals surface area contributed by atoms with Crippen molar-refractivity contribution in [3.63, 3.8) is 0 Å². The highest BCUT2D eigenvalue weighted by Crippen LogP contribution is 2.52. The topological polar surface area (TPSA) is 11.4 Å². The van der Waals surface area contributed by atoms with E-state index in [0.717, 1.165) is 61.2 Å². The van der Waals surface area contributed by atoms with Gasteiger partial charge in [0.25, 0.3) is 0 Å². The smallest absolute Gasteiger partial charge is 0.0619 e. The first-order chi connectivity index (χ1) is 39.2. The van der Waals surface area contributed by atoms with Crippen molar-refractivity contribution in [2.45, 2.75) is 0 Å². The number of hydrogen-bond donors (Lipinski definition) is 0. The van der Waals surface area contributed by atoms with Crippen LogP contribution in [0, 0.1) is 0 Å². The summed E-state index contributed by atoms with van der Waals surface area (Å²) in [6.45, 7) is 0. The summed E-state index contributed by atoms with van der Waals surface area (Å²) in [5, 5.41) is 12.3. The van der Waals surface area contributed by atoms with Crippen molar-refractivity contribution >= 4 is 140 Å². The number of aromatic nitrogens is 1. The van der Waals surface area contributed by atoms with Crippen LogP contribution in [-0.2, 0) is 0 Å². The quantitative estimate of drug-likeness (QED) is 0.105. The molecule has 0 aliphatic heterocycles. The minimum absolute atomic E-state index is 1.08. The summed E-state index contributed by atoms with van der Waals surface area (Å²) in [6.07, 6.45) is 0. The number of rotatable bonds is 9. The Kier molecular flexibility index (Phi) is 10.6. The van der Waals surface area contributed by atoms with Crippen molar-refractivity contribution < 1.29 is 0 Å². The zero-order valence-corrected chi connectivity index (χ0v) is 44.4. The number of hydrogen-bond acceptors (Lipinski definition) is 4. The highest BCUT2D eigenvalue weighted by Gasteiger charge is 2.26. The van der Waals surface area contributed by atoms with E-state index in [1.165, 1.54) is 84.5 Å². The molecule has 79 heavy (non-hydrogen) atoms. The van der Waals surface area contributed by atoms with Crippen molar-refractivity contribution in [1.29, 1.82) is 0 Å². The molecule has 0 N–H and O–H groups in total. The van der Waals surface area contributed by atoms with Crippen LogP contribution in [0.5, 0.6) is 0 Å². The zero-order chi connectivity index (χ0) is 52.0. The summed E-state index contributed by atoms with van der Waals surface area (Å²) in [4.78, 5) is 4.95. The molecule has 5 heteroatoms. The molecular weight excluding hydrogens is 995 g/mol. The van der Waals surface area contributed by atoms with E-state index in [1.807, 2.05) is 22.7 Å². The van der Waals surface area contributed by atoms with Gasteiger partial charge in [-0.3, -0.25) is 0 Å². The summed E-state index contributed by atoms with van der Waals surface area (Å²) in [5.41, 5.74) is 15.0. The summed E-state index contributed by atoms with van der Waals surface area (Å²) >= 11 is 3.72. The van der Waals surface area contributed by atoms with Crippen molar-refractivity contribution in [1.82, 2.24) is 4.57 Å². The summed E-state index contributed by atoms with van der Waals surface area (Å²) < 4.78 is 7.64. The van der Waals surface area contributed by atoms with Crippen LogP contribution in [-0.4, -0.2) is 4.57 Å². The van der Waals surface area contributed by atoms with Crippen molar-refractivity contribution in [3.8, 4) is 27.9 Å². The summed E-state index contributed by atoms with van der Waals surface area (Å²) in [7, 11) is 0. The van der Waals surface area contributed by atoms with Crippen LogP contribution in [0.15, 0.2) is 285 Å². The molecule has 3 nitrogen and oxygen atoms in total. The molecule has 13 aromatic carbocycles. The average Bonchev–Trinajstić information content (AvgIpc) is 4.24. The number of thiophene rings is 2. The molecule has 370 valence electrons. The molecular formula is C74H47N3S2. The highest BCUT2D eigenvalue weighted by molar-refractivity contribution is 7.26. The molecule has 3 heterocycles. The number of nitrogens with zero attached hydrogens (tertiary/aromatic N) is 3. The van der Waals surface area contributed by atoms with Crippen LogP contribution >= 0.6 is 22.7 Å². The van der Waals surface area contributed by atoms with Crippen LogP contribution in [0.2, 0.25) is 0 Å². The molecule has 0 aliphatic rings. The maximum absolute atomic E-state index is 2.48. The largest absolute Gasteiger partial charge is 0.309 e. The normalized spacial score (nSPS) is 11.8. The van der Waals surface area contributed by atoms with Crippen molar-refractivity contribution in [2.75, 3.05) is 9.80 Å². The van der Waals surface area contributed by atoms with Gasteiger partial charge in [-0.15, -0.1) is 22.7 Å². The van der Waals surface area contributed by atoms with E-state index < -0.39 is 0 Å². The molecule has 0 aliphatic carbocycles. The van der Waals surface area contributed by atoms with E-state index in [9.17, 15) is 0 Å². The standard InChI is InChI=1S/C74H47N3S2/c1-4-18-48(19-5-1)50-35-41-70-64(44-50)66-46-55(38-42-72(66)79-70)76(53-22-8-3-9-23-53)74-62-28-12-10-26-60(62)73(61-27-11-13-29-63(61)74)75(52-20-6-2-7-21-52)54-36-32-49(33-37-54)51-34-40-58-57-24-14-16-30-67(57)77(68(58)45-51)56-39-43-71-65(47-56)59-25-15-17-31-69(59)78-71/h1-47H. The molecule has 0 fully saturated rings. The number of fused-ring (bicyclic) bond motifs is 11. The molecule has 16 aromatic rings. The fourth-order valence-corrected chi connectivity index (χ4v) is 14.5. The second-order valence-corrected chi connectivity index (χ2v) is 22.6. The van der Waals surface area contributed by atoms with Gasteiger partial charge >= 0.3 is 0 Å². The fourth-order valence-electron chi connectivity index (χ4n) is 12.3. The van der Waals surface area contributed by atoms with E-state index >= 15 is 0 Å². The SMILES string of the molecule is c1ccc(-c2ccc3sc4ccc(N(c5ccccc5)c5c6ccccc6c(N(c6ccccc6)c6ccc(-c7ccc8c9ccccc9n(-c9ccc%10sc%11ccccc%11c%10c9)c8c7)cc6)c6ccccc56)cc4c3c2)cc1. The average molecular weight is 1040 g/mol. The Morgan fingerprint density at radius 1 is 0.228 bits per heavy atom. The lowest BCUT2D eigenvalue weighted by Crippen LogP contribution is -2.14. The van der Waals surface area contributed by atoms with Crippen LogP contribution in [0.4, 0.5) is 34.1 Å². The lowest BCUT2D eigenvalue weighted by atomic mass is 9.95. The molecule has 0 unspecified atom stereocenters. The van der Waals surface area contributed by atoms with Crippen LogP contribution in [0.3, 0.4) is 0 Å². The number of para-hydroxylation sites is 3. The molecule has 0 radical (unpaired) electrons. The van der Waals surface area contributed by atoms with E-state index in [2.05, 4.69) is 299 Å². The maximum atomic E-state index is 2.48. The molecule has 16 rings (SSSR count). The van der Waals surface area contributed by atoms with Gasteiger partial charge < -0.3 is 14.4 Å². The molecule has 0 saturated carbocycles.